The van der Waals surface area contributed by atoms with Gasteiger partial charge < -0.3 is 21.1 Å². The number of ether oxygens (including phenoxy) is 1. The molecule has 5 nitrogen and oxygen atoms in total. The second kappa shape index (κ2) is 8.76. The molecule has 0 aromatic heterocycles. The SMILES string of the molecule is CCC1CNCc2ccc(NC(=O)c3cc(C)c(OC[C@@H](C)N)c(C)c3)cc21. The molecule has 0 saturated carbocycles. The van der Waals surface area contributed by atoms with Gasteiger partial charge in [0.05, 0.1) is 0 Å². The van der Waals surface area contributed by atoms with Crippen LogP contribution < -0.4 is 21.1 Å². The molecule has 1 amide bonds. The number of nitrogens with two attached hydrogens (primary N) is 1. The molecular weight excluding hydrogens is 350 g/mol. The maximum atomic E-state index is 12.8. The topological polar surface area (TPSA) is 76.4 Å². The lowest BCUT2D eigenvalue weighted by Gasteiger charge is -2.26. The number of carbonyl (C=O) groups excluding carboxylic acids is 1. The van der Waals surface area contributed by atoms with Gasteiger partial charge in [-0.15, -0.1) is 0 Å². The summed E-state index contributed by atoms with van der Waals surface area (Å²) in [5.74, 6) is 1.19. The Kier molecular flexibility index (Phi) is 6.37. The monoisotopic (exact) mass is 381 g/mol. The Hall–Kier alpha value is -2.37. The number of rotatable bonds is 6. The molecule has 5 heteroatoms. The van der Waals surface area contributed by atoms with E-state index in [1.54, 1.807) is 0 Å². The summed E-state index contributed by atoms with van der Waals surface area (Å²) in [6, 6.07) is 9.93. The molecule has 1 aliphatic rings. The largest absolute Gasteiger partial charge is 0.491 e. The van der Waals surface area contributed by atoms with Crippen LogP contribution in [0.25, 0.3) is 0 Å². The van der Waals surface area contributed by atoms with E-state index in [0.717, 1.165) is 42.1 Å². The quantitative estimate of drug-likeness (QED) is 0.710. The smallest absolute Gasteiger partial charge is 0.255 e. The Morgan fingerprint density at radius 3 is 2.64 bits per heavy atom. The third-order valence-electron chi connectivity index (χ3n) is 5.26. The van der Waals surface area contributed by atoms with Crippen molar-refractivity contribution >= 4 is 11.6 Å². The molecule has 0 fully saturated rings. The molecular formula is C23H31N3O2. The standard InChI is InChI=1S/C23H31N3O2/c1-5-17-11-25-12-18-6-7-20(10-21(17)18)26-23(27)19-8-14(2)22(15(3)9-19)28-13-16(4)24/h6-10,16-17,25H,5,11-13,24H2,1-4H3,(H,26,27)/t16-,17?/m1/s1. The zero-order valence-electron chi connectivity index (χ0n) is 17.3. The number of aryl methyl sites for hydroxylation is 2. The normalized spacial score (nSPS) is 17.0. The van der Waals surface area contributed by atoms with Gasteiger partial charge in [0.1, 0.15) is 12.4 Å². The van der Waals surface area contributed by atoms with Crippen LogP contribution >= 0.6 is 0 Å². The summed E-state index contributed by atoms with van der Waals surface area (Å²) in [6.45, 7) is 10.4. The summed E-state index contributed by atoms with van der Waals surface area (Å²) >= 11 is 0. The van der Waals surface area contributed by atoms with E-state index in [9.17, 15) is 4.79 Å². The first kappa shape index (κ1) is 20.4. The van der Waals surface area contributed by atoms with Crippen molar-refractivity contribution < 1.29 is 9.53 Å². The van der Waals surface area contributed by atoms with Crippen LogP contribution in [0.5, 0.6) is 5.75 Å². The van der Waals surface area contributed by atoms with Crippen molar-refractivity contribution in [1.29, 1.82) is 0 Å². The fraction of sp³-hybridized carbons (Fsp3) is 0.435. The molecule has 4 N–H and O–H groups in total. The third kappa shape index (κ3) is 4.54. The highest BCUT2D eigenvalue weighted by Gasteiger charge is 2.19. The van der Waals surface area contributed by atoms with Gasteiger partial charge in [0.2, 0.25) is 0 Å². The minimum Gasteiger partial charge on any atom is -0.491 e. The molecule has 0 aliphatic carbocycles. The van der Waals surface area contributed by atoms with Gasteiger partial charge in [0, 0.05) is 30.4 Å². The highest BCUT2D eigenvalue weighted by Crippen LogP contribution is 2.30. The van der Waals surface area contributed by atoms with Crippen molar-refractivity contribution in [1.82, 2.24) is 5.32 Å². The summed E-state index contributed by atoms with van der Waals surface area (Å²) < 4.78 is 5.81. The van der Waals surface area contributed by atoms with E-state index in [2.05, 4.69) is 29.7 Å². The summed E-state index contributed by atoms with van der Waals surface area (Å²) in [5, 5.41) is 6.51. The average Bonchev–Trinajstić information content (AvgIpc) is 2.66. The van der Waals surface area contributed by atoms with E-state index in [-0.39, 0.29) is 11.9 Å². The highest BCUT2D eigenvalue weighted by atomic mass is 16.5. The third-order valence-corrected chi connectivity index (χ3v) is 5.26. The van der Waals surface area contributed by atoms with Crippen LogP contribution in [0.1, 0.15) is 58.8 Å². The second-order valence-electron chi connectivity index (χ2n) is 7.83. The Labute approximate surface area is 167 Å². The number of fused-ring (bicyclic) bond motifs is 1. The number of hydrogen-bond acceptors (Lipinski definition) is 4. The van der Waals surface area contributed by atoms with Crippen LogP contribution in [-0.4, -0.2) is 25.1 Å². The molecule has 150 valence electrons. The molecule has 3 rings (SSSR count). The van der Waals surface area contributed by atoms with E-state index in [4.69, 9.17) is 10.5 Å². The average molecular weight is 382 g/mol. The Balaban J connectivity index is 1.78. The first-order chi connectivity index (χ1) is 13.4. The number of anilines is 1. The first-order valence-corrected chi connectivity index (χ1v) is 10.0. The van der Waals surface area contributed by atoms with E-state index in [1.165, 1.54) is 11.1 Å². The number of nitrogens with one attached hydrogen (secondary N) is 2. The van der Waals surface area contributed by atoms with Crippen LogP contribution in [0.4, 0.5) is 5.69 Å². The summed E-state index contributed by atoms with van der Waals surface area (Å²) in [5.41, 5.74) is 11.8. The highest BCUT2D eigenvalue weighted by molar-refractivity contribution is 6.04. The van der Waals surface area contributed by atoms with Crippen LogP contribution in [0.3, 0.4) is 0 Å². The number of benzene rings is 2. The van der Waals surface area contributed by atoms with E-state index in [1.807, 2.05) is 39.0 Å². The molecule has 1 heterocycles. The second-order valence-corrected chi connectivity index (χ2v) is 7.83. The molecule has 1 unspecified atom stereocenters. The maximum absolute atomic E-state index is 12.8. The Bertz CT molecular complexity index is 838. The van der Waals surface area contributed by atoms with Crippen molar-refractivity contribution in [2.75, 3.05) is 18.5 Å². The Morgan fingerprint density at radius 1 is 1.29 bits per heavy atom. The molecule has 2 atom stereocenters. The summed E-state index contributed by atoms with van der Waals surface area (Å²) in [7, 11) is 0. The van der Waals surface area contributed by atoms with Gasteiger partial charge in [-0.3, -0.25) is 4.79 Å². The lowest BCUT2D eigenvalue weighted by atomic mass is 9.88. The molecule has 0 bridgehead atoms. The minimum absolute atomic E-state index is 0.0343. The first-order valence-electron chi connectivity index (χ1n) is 10.0. The number of amides is 1. The van der Waals surface area contributed by atoms with Crippen LogP contribution in [0.15, 0.2) is 30.3 Å². The number of hydrogen-bond donors (Lipinski definition) is 3. The molecule has 0 saturated heterocycles. The molecule has 0 radical (unpaired) electrons. The van der Waals surface area contributed by atoms with Crippen molar-refractivity contribution in [3.8, 4) is 5.75 Å². The lowest BCUT2D eigenvalue weighted by molar-refractivity contribution is 0.102. The van der Waals surface area contributed by atoms with Gasteiger partial charge >= 0.3 is 0 Å². The molecule has 2 aromatic rings. The van der Waals surface area contributed by atoms with Gasteiger partial charge in [-0.05, 0) is 79.6 Å². The van der Waals surface area contributed by atoms with E-state index >= 15 is 0 Å². The minimum atomic E-state index is -0.105. The fourth-order valence-electron chi connectivity index (χ4n) is 3.80. The van der Waals surface area contributed by atoms with Crippen LogP contribution in [-0.2, 0) is 6.54 Å². The predicted octanol–water partition coefficient (Wildman–Crippen LogP) is 3.88. The van der Waals surface area contributed by atoms with E-state index < -0.39 is 0 Å². The van der Waals surface area contributed by atoms with Gasteiger partial charge in [-0.25, -0.2) is 0 Å². The maximum Gasteiger partial charge on any atom is 0.255 e. The van der Waals surface area contributed by atoms with Gasteiger partial charge in [0.15, 0.2) is 0 Å². The van der Waals surface area contributed by atoms with Gasteiger partial charge in [0.25, 0.3) is 5.91 Å². The van der Waals surface area contributed by atoms with Gasteiger partial charge in [-0.2, -0.15) is 0 Å². The lowest BCUT2D eigenvalue weighted by Crippen LogP contribution is -2.28. The summed E-state index contributed by atoms with van der Waals surface area (Å²) in [6.07, 6.45) is 1.08. The Morgan fingerprint density at radius 2 is 2.00 bits per heavy atom. The summed E-state index contributed by atoms with van der Waals surface area (Å²) in [4.78, 5) is 12.8. The van der Waals surface area contributed by atoms with Crippen LogP contribution in [0.2, 0.25) is 0 Å². The van der Waals surface area contributed by atoms with Crippen molar-refractivity contribution in [3.05, 3.63) is 58.1 Å². The van der Waals surface area contributed by atoms with Crippen LogP contribution in [0, 0.1) is 13.8 Å². The van der Waals surface area contributed by atoms with Gasteiger partial charge in [-0.1, -0.05) is 13.0 Å². The predicted molar refractivity (Wildman–Crippen MR) is 114 cm³/mol. The molecule has 2 aromatic carbocycles. The zero-order valence-corrected chi connectivity index (χ0v) is 17.3. The molecule has 1 aliphatic heterocycles. The van der Waals surface area contributed by atoms with E-state index in [0.29, 0.717) is 18.1 Å². The fourth-order valence-corrected chi connectivity index (χ4v) is 3.80. The van der Waals surface area contributed by atoms with Crippen molar-refractivity contribution in [2.24, 2.45) is 5.73 Å². The molecule has 28 heavy (non-hydrogen) atoms. The van der Waals surface area contributed by atoms with Crippen molar-refractivity contribution in [2.45, 2.75) is 52.6 Å². The van der Waals surface area contributed by atoms with Crippen molar-refractivity contribution in [3.63, 3.8) is 0 Å². The number of carbonyl (C=O) groups is 1. The molecule has 0 spiro atoms. The zero-order chi connectivity index (χ0) is 20.3.